The van der Waals surface area contributed by atoms with Crippen molar-refractivity contribution in [2.24, 2.45) is 0 Å². The van der Waals surface area contributed by atoms with E-state index in [1.165, 1.54) is 0 Å². The predicted octanol–water partition coefficient (Wildman–Crippen LogP) is 1.24. The maximum Gasteiger partial charge on any atom is 0.239 e. The Morgan fingerprint density at radius 2 is 2.17 bits per heavy atom. The van der Waals surface area contributed by atoms with Gasteiger partial charge in [-0.3, -0.25) is 4.79 Å². The molecule has 18 heavy (non-hydrogen) atoms. The zero-order valence-electron chi connectivity index (χ0n) is 11.2. The molecule has 5 heteroatoms. The van der Waals surface area contributed by atoms with E-state index in [0.717, 1.165) is 12.2 Å². The second-order valence-corrected chi connectivity index (χ2v) is 3.84. The number of rotatable bonds is 6. The highest BCUT2D eigenvalue weighted by molar-refractivity contribution is 5.81. The van der Waals surface area contributed by atoms with Crippen molar-refractivity contribution in [3.05, 3.63) is 18.2 Å². The molecule has 0 atom stereocenters. The van der Waals surface area contributed by atoms with Gasteiger partial charge >= 0.3 is 0 Å². The van der Waals surface area contributed by atoms with Gasteiger partial charge in [0.2, 0.25) is 5.91 Å². The van der Waals surface area contributed by atoms with Gasteiger partial charge in [0.1, 0.15) is 5.75 Å². The first kappa shape index (κ1) is 14.2. The third-order valence-electron chi connectivity index (χ3n) is 2.66. The van der Waals surface area contributed by atoms with Crippen LogP contribution in [0.5, 0.6) is 5.75 Å². The molecule has 0 aliphatic rings. The number of carbonyl (C=O) groups is 1. The summed E-state index contributed by atoms with van der Waals surface area (Å²) in [4.78, 5) is 13.4. The Morgan fingerprint density at radius 3 is 2.72 bits per heavy atom. The first-order valence-electron chi connectivity index (χ1n) is 6.10. The number of hydrogen-bond donors (Lipinski definition) is 2. The van der Waals surface area contributed by atoms with Crippen LogP contribution < -0.4 is 20.7 Å². The molecule has 1 aromatic carbocycles. The lowest BCUT2D eigenvalue weighted by atomic mass is 10.2. The van der Waals surface area contributed by atoms with Gasteiger partial charge in [-0.25, -0.2) is 0 Å². The van der Waals surface area contributed by atoms with Crippen molar-refractivity contribution in [1.82, 2.24) is 5.32 Å². The van der Waals surface area contributed by atoms with Crippen molar-refractivity contribution in [2.75, 3.05) is 37.4 Å². The number of nitrogens with two attached hydrogens (primary N) is 1. The van der Waals surface area contributed by atoms with Crippen molar-refractivity contribution in [2.45, 2.75) is 13.8 Å². The van der Waals surface area contributed by atoms with Crippen molar-refractivity contribution >= 4 is 17.3 Å². The summed E-state index contributed by atoms with van der Waals surface area (Å²) >= 11 is 0. The molecule has 0 heterocycles. The Kier molecular flexibility index (Phi) is 5.30. The third-order valence-corrected chi connectivity index (χ3v) is 2.66. The number of ether oxygens (including phenoxy) is 1. The van der Waals surface area contributed by atoms with Gasteiger partial charge in [-0.1, -0.05) is 0 Å². The van der Waals surface area contributed by atoms with Crippen molar-refractivity contribution < 1.29 is 9.53 Å². The van der Waals surface area contributed by atoms with Crippen LogP contribution in [0, 0.1) is 0 Å². The summed E-state index contributed by atoms with van der Waals surface area (Å²) in [7, 11) is 1.63. The zero-order chi connectivity index (χ0) is 13.5. The minimum absolute atomic E-state index is 0.0216. The minimum atomic E-state index is -0.0216. The Balaban J connectivity index is 2.91. The van der Waals surface area contributed by atoms with Crippen LogP contribution in [0.1, 0.15) is 13.8 Å². The van der Waals surface area contributed by atoms with E-state index in [-0.39, 0.29) is 5.91 Å². The number of benzene rings is 1. The van der Waals surface area contributed by atoms with Crippen LogP contribution in [0.25, 0.3) is 0 Å². The highest BCUT2D eigenvalue weighted by atomic mass is 16.5. The number of hydrogen-bond acceptors (Lipinski definition) is 4. The van der Waals surface area contributed by atoms with Gasteiger partial charge in [0.15, 0.2) is 0 Å². The summed E-state index contributed by atoms with van der Waals surface area (Å²) < 4.78 is 5.45. The topological polar surface area (TPSA) is 67.6 Å². The largest absolute Gasteiger partial charge is 0.492 e. The molecule has 0 saturated carbocycles. The number of carbonyl (C=O) groups excluding carboxylic acids is 1. The van der Waals surface area contributed by atoms with Gasteiger partial charge in [-0.15, -0.1) is 0 Å². The first-order chi connectivity index (χ1) is 8.62. The number of nitrogen functional groups attached to an aromatic ring is 1. The summed E-state index contributed by atoms with van der Waals surface area (Å²) in [5, 5.41) is 2.61. The van der Waals surface area contributed by atoms with Crippen molar-refractivity contribution in [3.63, 3.8) is 0 Å². The fourth-order valence-electron chi connectivity index (χ4n) is 1.64. The Morgan fingerprint density at radius 1 is 1.44 bits per heavy atom. The molecular formula is C13H21N3O2. The lowest BCUT2D eigenvalue weighted by molar-refractivity contribution is -0.119. The van der Waals surface area contributed by atoms with Crippen LogP contribution in [0.3, 0.4) is 0 Å². The maximum absolute atomic E-state index is 11.4. The molecule has 0 aromatic heterocycles. The summed E-state index contributed by atoms with van der Waals surface area (Å²) in [6.07, 6.45) is 0. The fourth-order valence-corrected chi connectivity index (χ4v) is 1.64. The molecule has 0 radical (unpaired) electrons. The lowest BCUT2D eigenvalue weighted by Crippen LogP contribution is -2.35. The SMILES string of the molecule is CCOc1cc(N(CC)CC(=O)NC)ccc1N. The van der Waals surface area contributed by atoms with Gasteiger partial charge < -0.3 is 20.7 Å². The third kappa shape index (κ3) is 3.55. The van der Waals surface area contributed by atoms with Gasteiger partial charge in [-0.2, -0.15) is 0 Å². The normalized spacial score (nSPS) is 9.94. The number of nitrogens with zero attached hydrogens (tertiary/aromatic N) is 1. The zero-order valence-corrected chi connectivity index (χ0v) is 11.2. The molecule has 0 spiro atoms. The van der Waals surface area contributed by atoms with Crippen molar-refractivity contribution in [1.29, 1.82) is 0 Å². The average Bonchev–Trinajstić information content (AvgIpc) is 2.38. The molecule has 100 valence electrons. The van der Waals surface area contributed by atoms with Gasteiger partial charge in [-0.05, 0) is 26.0 Å². The fraction of sp³-hybridized carbons (Fsp3) is 0.462. The van der Waals surface area contributed by atoms with E-state index in [9.17, 15) is 4.79 Å². The van der Waals surface area contributed by atoms with E-state index in [2.05, 4.69) is 5.32 Å². The minimum Gasteiger partial charge on any atom is -0.492 e. The molecule has 1 aromatic rings. The van der Waals surface area contributed by atoms with E-state index in [1.54, 1.807) is 13.1 Å². The molecule has 3 N–H and O–H groups in total. The second-order valence-electron chi connectivity index (χ2n) is 3.84. The number of likely N-dealkylation sites (N-methyl/N-ethyl adjacent to an activating group) is 2. The quantitative estimate of drug-likeness (QED) is 0.746. The summed E-state index contributed by atoms with van der Waals surface area (Å²) in [6.45, 7) is 5.54. The smallest absolute Gasteiger partial charge is 0.239 e. The van der Waals surface area contributed by atoms with E-state index >= 15 is 0 Å². The summed E-state index contributed by atoms with van der Waals surface area (Å²) in [5.74, 6) is 0.636. The molecule has 1 rings (SSSR count). The van der Waals surface area contributed by atoms with E-state index in [1.807, 2.05) is 30.9 Å². The Hall–Kier alpha value is -1.91. The molecule has 0 fully saturated rings. The molecule has 1 amide bonds. The van der Waals surface area contributed by atoms with Crippen LogP contribution in [0.15, 0.2) is 18.2 Å². The molecule has 0 aliphatic heterocycles. The second kappa shape index (κ2) is 6.74. The summed E-state index contributed by atoms with van der Waals surface area (Å²) in [6, 6.07) is 5.56. The first-order valence-corrected chi connectivity index (χ1v) is 6.10. The maximum atomic E-state index is 11.4. The molecule has 0 bridgehead atoms. The van der Waals surface area contributed by atoms with E-state index in [4.69, 9.17) is 10.5 Å². The van der Waals surface area contributed by atoms with Crippen molar-refractivity contribution in [3.8, 4) is 5.75 Å². The molecule has 0 aliphatic carbocycles. The van der Waals surface area contributed by atoms with Crippen LogP contribution in [-0.4, -0.2) is 32.7 Å². The highest BCUT2D eigenvalue weighted by Crippen LogP contribution is 2.27. The van der Waals surface area contributed by atoms with Gasteiger partial charge in [0.05, 0.1) is 18.8 Å². The Bertz CT molecular complexity index is 407. The molecular weight excluding hydrogens is 230 g/mol. The number of anilines is 2. The monoisotopic (exact) mass is 251 g/mol. The number of amides is 1. The molecule has 0 unspecified atom stereocenters. The lowest BCUT2D eigenvalue weighted by Gasteiger charge is -2.23. The Labute approximate surface area is 108 Å². The van der Waals surface area contributed by atoms with E-state index in [0.29, 0.717) is 24.6 Å². The number of nitrogens with one attached hydrogen (secondary N) is 1. The van der Waals surface area contributed by atoms with Gasteiger partial charge in [0.25, 0.3) is 0 Å². The van der Waals surface area contributed by atoms with Crippen LogP contribution in [0.2, 0.25) is 0 Å². The highest BCUT2D eigenvalue weighted by Gasteiger charge is 2.11. The molecule has 0 saturated heterocycles. The van der Waals surface area contributed by atoms with Gasteiger partial charge in [0, 0.05) is 25.3 Å². The van der Waals surface area contributed by atoms with E-state index < -0.39 is 0 Å². The average molecular weight is 251 g/mol. The van der Waals surface area contributed by atoms with Crippen LogP contribution >= 0.6 is 0 Å². The summed E-state index contributed by atoms with van der Waals surface area (Å²) in [5.41, 5.74) is 7.36. The standard InChI is InChI=1S/C13H21N3O2/c1-4-16(9-13(17)15-3)10-6-7-11(14)12(8-10)18-5-2/h6-8H,4-5,9,14H2,1-3H3,(H,15,17). The molecule has 5 nitrogen and oxygen atoms in total. The van der Waals surface area contributed by atoms with Crippen LogP contribution in [0.4, 0.5) is 11.4 Å². The van der Waals surface area contributed by atoms with Crippen LogP contribution in [-0.2, 0) is 4.79 Å². The predicted molar refractivity (Wildman–Crippen MR) is 74.0 cm³/mol.